The highest BCUT2D eigenvalue weighted by Gasteiger charge is 2.55. The molecule has 2 heterocycles. The first-order chi connectivity index (χ1) is 14.1. The molecule has 1 aliphatic carbocycles. The van der Waals surface area contributed by atoms with E-state index >= 15 is 0 Å². The number of carbonyl (C=O) groups is 3. The van der Waals surface area contributed by atoms with E-state index < -0.39 is 21.4 Å². The van der Waals surface area contributed by atoms with E-state index in [0.29, 0.717) is 31.5 Å². The molecule has 0 bridgehead atoms. The standard InChI is InChI=1S/C21H27N3O5S/c1-14-6-3-4-10-21(14)19(26)24(20(27)22-21)13-18(25)23-11-5-7-15-12-16(30(2,28)29)8-9-17(15)23/h8-9,12,14H,3-7,10-11,13H2,1-2H3,(H,22,27). The summed E-state index contributed by atoms with van der Waals surface area (Å²) >= 11 is 0. The molecule has 162 valence electrons. The average molecular weight is 434 g/mol. The van der Waals surface area contributed by atoms with Crippen LogP contribution in [0.15, 0.2) is 23.1 Å². The van der Waals surface area contributed by atoms with Gasteiger partial charge in [0.15, 0.2) is 9.84 Å². The Morgan fingerprint density at radius 1 is 1.23 bits per heavy atom. The third-order valence-electron chi connectivity index (χ3n) is 6.69. The topological polar surface area (TPSA) is 104 Å². The van der Waals surface area contributed by atoms with Gasteiger partial charge >= 0.3 is 6.03 Å². The summed E-state index contributed by atoms with van der Waals surface area (Å²) in [5.74, 6) is -0.613. The summed E-state index contributed by atoms with van der Waals surface area (Å²) in [5.41, 5.74) is 0.540. The number of fused-ring (bicyclic) bond motifs is 1. The number of amides is 4. The molecule has 1 saturated heterocycles. The van der Waals surface area contributed by atoms with Gasteiger partial charge in [0, 0.05) is 18.5 Å². The summed E-state index contributed by atoms with van der Waals surface area (Å²) in [6, 6.07) is 4.23. The van der Waals surface area contributed by atoms with Crippen LogP contribution in [-0.4, -0.2) is 56.0 Å². The lowest BCUT2D eigenvalue weighted by atomic mass is 9.73. The van der Waals surface area contributed by atoms with Crippen molar-refractivity contribution in [1.82, 2.24) is 10.2 Å². The van der Waals surface area contributed by atoms with Gasteiger partial charge in [0.2, 0.25) is 5.91 Å². The van der Waals surface area contributed by atoms with Gasteiger partial charge in [-0.15, -0.1) is 0 Å². The predicted molar refractivity (Wildman–Crippen MR) is 111 cm³/mol. The monoisotopic (exact) mass is 433 g/mol. The van der Waals surface area contributed by atoms with E-state index in [0.717, 1.165) is 36.0 Å². The number of urea groups is 1. The fourth-order valence-corrected chi connectivity index (χ4v) is 5.59. The lowest BCUT2D eigenvalue weighted by molar-refractivity contribution is -0.136. The Bertz CT molecular complexity index is 1020. The largest absolute Gasteiger partial charge is 0.325 e. The number of rotatable bonds is 3. The summed E-state index contributed by atoms with van der Waals surface area (Å²) in [5, 5.41) is 2.87. The van der Waals surface area contributed by atoms with E-state index in [1.54, 1.807) is 17.0 Å². The Hall–Kier alpha value is -2.42. The molecule has 4 amide bonds. The van der Waals surface area contributed by atoms with E-state index in [9.17, 15) is 22.8 Å². The van der Waals surface area contributed by atoms with Gasteiger partial charge in [-0.3, -0.25) is 14.5 Å². The third-order valence-corrected chi connectivity index (χ3v) is 7.80. The van der Waals surface area contributed by atoms with Gasteiger partial charge in [-0.1, -0.05) is 19.8 Å². The number of nitrogens with one attached hydrogen (secondary N) is 1. The second-order valence-corrected chi connectivity index (χ2v) is 10.7. The lowest BCUT2D eigenvalue weighted by Crippen LogP contribution is -2.54. The van der Waals surface area contributed by atoms with Crippen LogP contribution in [0.4, 0.5) is 10.5 Å². The molecule has 3 aliphatic rings. The molecule has 1 aromatic carbocycles. The SMILES string of the molecule is CC1CCCCC12NC(=O)N(CC(=O)N1CCCc3cc(S(C)(=O)=O)ccc31)C2=O. The van der Waals surface area contributed by atoms with Crippen LogP contribution in [0.2, 0.25) is 0 Å². The Morgan fingerprint density at radius 3 is 2.70 bits per heavy atom. The zero-order chi connectivity index (χ0) is 21.7. The minimum atomic E-state index is -3.34. The van der Waals surface area contributed by atoms with Gasteiger partial charge in [-0.05, 0) is 55.4 Å². The normalized spacial score (nSPS) is 26.7. The molecule has 30 heavy (non-hydrogen) atoms. The summed E-state index contributed by atoms with van der Waals surface area (Å²) in [6.07, 6.45) is 5.89. The number of carbonyl (C=O) groups excluding carboxylic acids is 3. The van der Waals surface area contributed by atoms with E-state index in [2.05, 4.69) is 5.32 Å². The zero-order valence-electron chi connectivity index (χ0n) is 17.3. The van der Waals surface area contributed by atoms with Crippen LogP contribution < -0.4 is 10.2 Å². The molecule has 9 heteroatoms. The molecule has 4 rings (SSSR count). The van der Waals surface area contributed by atoms with Crippen molar-refractivity contribution in [3.63, 3.8) is 0 Å². The van der Waals surface area contributed by atoms with Gasteiger partial charge in [0.05, 0.1) is 4.90 Å². The van der Waals surface area contributed by atoms with Gasteiger partial charge in [0.1, 0.15) is 12.1 Å². The quantitative estimate of drug-likeness (QED) is 0.733. The molecule has 0 radical (unpaired) electrons. The Balaban J connectivity index is 1.55. The second-order valence-electron chi connectivity index (χ2n) is 8.65. The number of nitrogens with zero attached hydrogens (tertiary/aromatic N) is 2. The van der Waals surface area contributed by atoms with Crippen LogP contribution in [0, 0.1) is 5.92 Å². The molecular weight excluding hydrogens is 406 g/mol. The van der Waals surface area contributed by atoms with Crippen LogP contribution in [0.5, 0.6) is 0 Å². The Kier molecular flexibility index (Phi) is 5.12. The molecule has 1 aromatic rings. The van der Waals surface area contributed by atoms with Crippen molar-refractivity contribution in [3.8, 4) is 0 Å². The number of sulfone groups is 1. The van der Waals surface area contributed by atoms with E-state index in [4.69, 9.17) is 0 Å². The third kappa shape index (κ3) is 3.38. The van der Waals surface area contributed by atoms with Gasteiger partial charge in [0.25, 0.3) is 5.91 Å². The second kappa shape index (κ2) is 7.37. The van der Waals surface area contributed by atoms with Crippen LogP contribution >= 0.6 is 0 Å². The van der Waals surface area contributed by atoms with Crippen LogP contribution in [0.3, 0.4) is 0 Å². The summed E-state index contributed by atoms with van der Waals surface area (Å²) in [4.78, 5) is 41.6. The maximum atomic E-state index is 13.1. The van der Waals surface area contributed by atoms with E-state index in [1.165, 1.54) is 6.07 Å². The number of hydrogen-bond donors (Lipinski definition) is 1. The Labute approximate surface area is 176 Å². The summed E-state index contributed by atoms with van der Waals surface area (Å²) in [7, 11) is -3.34. The minimum absolute atomic E-state index is 0.0351. The smallest absolute Gasteiger partial charge is 0.323 e. The minimum Gasteiger partial charge on any atom is -0.323 e. The van der Waals surface area contributed by atoms with Crippen molar-refractivity contribution in [3.05, 3.63) is 23.8 Å². The molecule has 8 nitrogen and oxygen atoms in total. The average Bonchev–Trinajstić information content (AvgIpc) is 2.93. The molecule has 0 aromatic heterocycles. The van der Waals surface area contributed by atoms with Crippen molar-refractivity contribution in [2.45, 2.75) is 55.9 Å². The van der Waals surface area contributed by atoms with Crippen molar-refractivity contribution in [2.24, 2.45) is 5.92 Å². The molecule has 2 atom stereocenters. The van der Waals surface area contributed by atoms with Crippen LogP contribution in [0.25, 0.3) is 0 Å². The van der Waals surface area contributed by atoms with Gasteiger partial charge in [-0.2, -0.15) is 0 Å². The maximum absolute atomic E-state index is 13.1. The maximum Gasteiger partial charge on any atom is 0.325 e. The molecule has 1 spiro atoms. The van der Waals surface area contributed by atoms with E-state index in [-0.39, 0.29) is 29.2 Å². The van der Waals surface area contributed by atoms with Gasteiger partial charge in [-0.25, -0.2) is 13.2 Å². The molecule has 2 fully saturated rings. The van der Waals surface area contributed by atoms with Crippen molar-refractivity contribution >= 4 is 33.4 Å². The highest BCUT2D eigenvalue weighted by molar-refractivity contribution is 7.90. The number of benzene rings is 1. The number of imide groups is 1. The van der Waals surface area contributed by atoms with E-state index in [1.807, 2.05) is 6.92 Å². The molecular formula is C21H27N3O5S. The number of aryl methyl sites for hydroxylation is 1. The first-order valence-electron chi connectivity index (χ1n) is 10.4. The highest BCUT2D eigenvalue weighted by Crippen LogP contribution is 2.38. The lowest BCUT2D eigenvalue weighted by Gasteiger charge is -2.37. The molecule has 1 saturated carbocycles. The fourth-order valence-electron chi connectivity index (χ4n) is 4.92. The summed E-state index contributed by atoms with van der Waals surface area (Å²) < 4.78 is 23.7. The molecule has 1 N–H and O–H groups in total. The zero-order valence-corrected chi connectivity index (χ0v) is 18.1. The molecule has 2 unspecified atom stereocenters. The van der Waals surface area contributed by atoms with Crippen LogP contribution in [-0.2, 0) is 25.8 Å². The number of hydrogen-bond acceptors (Lipinski definition) is 5. The van der Waals surface area contributed by atoms with Gasteiger partial charge < -0.3 is 10.2 Å². The fraction of sp³-hybridized carbons (Fsp3) is 0.571. The summed E-state index contributed by atoms with van der Waals surface area (Å²) in [6.45, 7) is 2.13. The van der Waals surface area contributed by atoms with Crippen LogP contribution in [0.1, 0.15) is 44.6 Å². The highest BCUT2D eigenvalue weighted by atomic mass is 32.2. The predicted octanol–water partition coefficient (Wildman–Crippen LogP) is 1.87. The van der Waals surface area contributed by atoms with Crippen molar-refractivity contribution in [1.29, 1.82) is 0 Å². The van der Waals surface area contributed by atoms with Crippen molar-refractivity contribution < 1.29 is 22.8 Å². The number of anilines is 1. The first-order valence-corrected chi connectivity index (χ1v) is 12.3. The Morgan fingerprint density at radius 2 is 2.00 bits per heavy atom. The first kappa shape index (κ1) is 20.8. The van der Waals surface area contributed by atoms with Crippen molar-refractivity contribution in [2.75, 3.05) is 24.2 Å². The molecule has 2 aliphatic heterocycles.